The number of hydrogen-bond acceptors (Lipinski definition) is 3. The second-order valence-electron chi connectivity index (χ2n) is 3.98. The molecule has 0 aliphatic carbocycles. The topological polar surface area (TPSA) is 41.6 Å². The van der Waals surface area contributed by atoms with Crippen molar-refractivity contribution in [2.75, 3.05) is 32.8 Å². The summed E-state index contributed by atoms with van der Waals surface area (Å²) < 4.78 is 5.35. The van der Waals surface area contributed by atoms with E-state index in [-0.39, 0.29) is 12.5 Å². The van der Waals surface area contributed by atoms with Crippen molar-refractivity contribution in [3.8, 4) is 5.75 Å². The summed E-state index contributed by atoms with van der Waals surface area (Å²) in [5, 5.41) is 2.85. The Morgan fingerprint density at radius 1 is 1.22 bits per heavy atom. The number of carbonyl (C=O) groups is 1. The van der Waals surface area contributed by atoms with Gasteiger partial charge in [0.25, 0.3) is 5.91 Å². The summed E-state index contributed by atoms with van der Waals surface area (Å²) in [6.07, 6.45) is 0. The molecule has 1 aromatic carbocycles. The van der Waals surface area contributed by atoms with Crippen molar-refractivity contribution in [1.82, 2.24) is 10.2 Å². The van der Waals surface area contributed by atoms with Gasteiger partial charge in [-0.15, -0.1) is 0 Å². The number of amides is 1. The number of benzene rings is 1. The van der Waals surface area contributed by atoms with Gasteiger partial charge in [0.15, 0.2) is 6.61 Å². The predicted octanol–water partition coefficient (Wildman–Crippen LogP) is 1.52. The zero-order valence-corrected chi connectivity index (χ0v) is 11.2. The number of likely N-dealkylation sites (N-methyl/N-ethyl adjacent to an activating group) is 1. The Labute approximate surface area is 109 Å². The molecular weight excluding hydrogens is 228 g/mol. The van der Waals surface area contributed by atoms with E-state index in [1.165, 1.54) is 0 Å². The molecule has 0 unspecified atom stereocenters. The van der Waals surface area contributed by atoms with Gasteiger partial charge in [0.05, 0.1) is 0 Å². The van der Waals surface area contributed by atoms with Crippen LogP contribution >= 0.6 is 0 Å². The summed E-state index contributed by atoms with van der Waals surface area (Å²) in [6, 6.07) is 9.35. The fourth-order valence-electron chi connectivity index (χ4n) is 1.61. The fourth-order valence-corrected chi connectivity index (χ4v) is 1.61. The van der Waals surface area contributed by atoms with Crippen LogP contribution in [-0.2, 0) is 4.79 Å². The van der Waals surface area contributed by atoms with E-state index in [2.05, 4.69) is 24.1 Å². The highest BCUT2D eigenvalue weighted by Crippen LogP contribution is 2.07. The second kappa shape index (κ2) is 8.53. The molecule has 0 atom stereocenters. The first-order valence-electron chi connectivity index (χ1n) is 6.43. The van der Waals surface area contributed by atoms with Crippen molar-refractivity contribution < 1.29 is 9.53 Å². The van der Waals surface area contributed by atoms with Gasteiger partial charge in [0.2, 0.25) is 0 Å². The van der Waals surface area contributed by atoms with Crippen LogP contribution in [0, 0.1) is 0 Å². The van der Waals surface area contributed by atoms with E-state index >= 15 is 0 Å². The predicted molar refractivity (Wildman–Crippen MR) is 72.7 cm³/mol. The first kappa shape index (κ1) is 14.5. The molecule has 0 spiro atoms. The van der Waals surface area contributed by atoms with Gasteiger partial charge in [-0.1, -0.05) is 32.0 Å². The minimum absolute atomic E-state index is 0.0717. The summed E-state index contributed by atoms with van der Waals surface area (Å²) in [5.74, 6) is 0.641. The molecule has 4 heteroatoms. The standard InChI is InChI=1S/C14H22N2O2/c1-3-16(4-2)11-10-15-14(17)12-18-13-8-6-5-7-9-13/h5-9H,3-4,10-12H2,1-2H3,(H,15,17). The number of rotatable bonds is 8. The lowest BCUT2D eigenvalue weighted by molar-refractivity contribution is -0.123. The Hall–Kier alpha value is -1.55. The van der Waals surface area contributed by atoms with Crippen LogP contribution in [0.1, 0.15) is 13.8 Å². The molecule has 1 amide bonds. The van der Waals surface area contributed by atoms with Gasteiger partial charge in [-0.2, -0.15) is 0 Å². The van der Waals surface area contributed by atoms with Gasteiger partial charge >= 0.3 is 0 Å². The molecular formula is C14H22N2O2. The maximum Gasteiger partial charge on any atom is 0.257 e. The zero-order valence-electron chi connectivity index (χ0n) is 11.2. The summed E-state index contributed by atoms with van der Waals surface area (Å²) in [4.78, 5) is 13.8. The van der Waals surface area contributed by atoms with Gasteiger partial charge in [0, 0.05) is 13.1 Å². The molecule has 100 valence electrons. The maximum absolute atomic E-state index is 11.5. The summed E-state index contributed by atoms with van der Waals surface area (Å²) in [5.41, 5.74) is 0. The average Bonchev–Trinajstić information content (AvgIpc) is 2.42. The van der Waals surface area contributed by atoms with Gasteiger partial charge in [-0.05, 0) is 25.2 Å². The third-order valence-corrected chi connectivity index (χ3v) is 2.76. The summed E-state index contributed by atoms with van der Waals surface area (Å²) in [7, 11) is 0. The molecule has 0 aliphatic rings. The molecule has 4 nitrogen and oxygen atoms in total. The molecule has 0 saturated heterocycles. The van der Waals surface area contributed by atoms with Crippen molar-refractivity contribution in [3.63, 3.8) is 0 Å². The molecule has 0 bridgehead atoms. The normalized spacial score (nSPS) is 10.4. The van der Waals surface area contributed by atoms with Crippen molar-refractivity contribution in [2.24, 2.45) is 0 Å². The first-order valence-corrected chi connectivity index (χ1v) is 6.43. The van der Waals surface area contributed by atoms with Crippen LogP contribution in [0.2, 0.25) is 0 Å². The molecule has 0 saturated carbocycles. The average molecular weight is 250 g/mol. The molecule has 0 fully saturated rings. The Morgan fingerprint density at radius 2 is 1.89 bits per heavy atom. The molecule has 0 radical (unpaired) electrons. The van der Waals surface area contributed by atoms with Crippen LogP contribution < -0.4 is 10.1 Å². The van der Waals surface area contributed by atoms with E-state index in [1.54, 1.807) is 0 Å². The van der Waals surface area contributed by atoms with E-state index in [0.717, 1.165) is 25.4 Å². The number of nitrogens with zero attached hydrogens (tertiary/aromatic N) is 1. The van der Waals surface area contributed by atoms with E-state index < -0.39 is 0 Å². The summed E-state index contributed by atoms with van der Waals surface area (Å²) >= 11 is 0. The Morgan fingerprint density at radius 3 is 2.50 bits per heavy atom. The Balaban J connectivity index is 2.14. The van der Waals surface area contributed by atoms with Crippen molar-refractivity contribution >= 4 is 5.91 Å². The first-order chi connectivity index (χ1) is 8.76. The van der Waals surface area contributed by atoms with Crippen LogP contribution in [-0.4, -0.2) is 43.6 Å². The lowest BCUT2D eigenvalue weighted by Gasteiger charge is -2.17. The number of ether oxygens (including phenoxy) is 1. The minimum atomic E-state index is -0.0778. The van der Waals surface area contributed by atoms with Gasteiger partial charge in [-0.3, -0.25) is 4.79 Å². The lowest BCUT2D eigenvalue weighted by atomic mass is 10.3. The van der Waals surface area contributed by atoms with Crippen LogP contribution in [0.5, 0.6) is 5.75 Å². The zero-order chi connectivity index (χ0) is 13.2. The third-order valence-electron chi connectivity index (χ3n) is 2.76. The molecule has 1 N–H and O–H groups in total. The fraction of sp³-hybridized carbons (Fsp3) is 0.500. The van der Waals surface area contributed by atoms with E-state index in [9.17, 15) is 4.79 Å². The highest BCUT2D eigenvalue weighted by Gasteiger charge is 2.03. The Bertz CT molecular complexity index is 337. The second-order valence-corrected chi connectivity index (χ2v) is 3.98. The van der Waals surface area contributed by atoms with E-state index in [1.807, 2.05) is 30.3 Å². The highest BCUT2D eigenvalue weighted by atomic mass is 16.5. The van der Waals surface area contributed by atoms with Crippen molar-refractivity contribution in [3.05, 3.63) is 30.3 Å². The Kier molecular flexibility index (Phi) is 6.87. The molecule has 0 aliphatic heterocycles. The van der Waals surface area contributed by atoms with Gasteiger partial charge in [-0.25, -0.2) is 0 Å². The van der Waals surface area contributed by atoms with Crippen LogP contribution in [0.25, 0.3) is 0 Å². The monoisotopic (exact) mass is 250 g/mol. The van der Waals surface area contributed by atoms with E-state index in [4.69, 9.17) is 4.74 Å². The molecule has 18 heavy (non-hydrogen) atoms. The minimum Gasteiger partial charge on any atom is -0.484 e. The molecule has 1 rings (SSSR count). The number of nitrogens with one attached hydrogen (secondary N) is 1. The highest BCUT2D eigenvalue weighted by molar-refractivity contribution is 5.77. The maximum atomic E-state index is 11.5. The van der Waals surface area contributed by atoms with E-state index in [0.29, 0.717) is 6.54 Å². The van der Waals surface area contributed by atoms with Crippen LogP contribution in [0.4, 0.5) is 0 Å². The largest absolute Gasteiger partial charge is 0.484 e. The SMILES string of the molecule is CCN(CC)CCNC(=O)COc1ccccc1. The number of para-hydroxylation sites is 1. The van der Waals surface area contributed by atoms with Gasteiger partial charge in [0.1, 0.15) is 5.75 Å². The van der Waals surface area contributed by atoms with Crippen molar-refractivity contribution in [1.29, 1.82) is 0 Å². The van der Waals surface area contributed by atoms with Crippen molar-refractivity contribution in [2.45, 2.75) is 13.8 Å². The molecule has 1 aromatic rings. The quantitative estimate of drug-likeness (QED) is 0.760. The third kappa shape index (κ3) is 5.68. The van der Waals surface area contributed by atoms with Crippen LogP contribution in [0.15, 0.2) is 30.3 Å². The smallest absolute Gasteiger partial charge is 0.257 e. The van der Waals surface area contributed by atoms with Crippen LogP contribution in [0.3, 0.4) is 0 Å². The van der Waals surface area contributed by atoms with Gasteiger partial charge < -0.3 is 15.0 Å². The molecule has 0 heterocycles. The molecule has 0 aromatic heterocycles. The number of carbonyl (C=O) groups excluding carboxylic acids is 1. The number of hydrogen-bond donors (Lipinski definition) is 1. The summed E-state index contributed by atoms with van der Waals surface area (Å²) in [6.45, 7) is 7.86. The lowest BCUT2D eigenvalue weighted by Crippen LogP contribution is -2.36.